The van der Waals surface area contributed by atoms with Gasteiger partial charge in [-0.1, -0.05) is 31.2 Å². The van der Waals surface area contributed by atoms with Gasteiger partial charge in [-0.15, -0.1) is 0 Å². The normalized spacial score (nSPS) is 10.8. The Hall–Kier alpha value is -1.61. The maximum atomic E-state index is 5.60. The first-order chi connectivity index (χ1) is 8.24. The highest BCUT2D eigenvalue weighted by atomic mass is 15.3. The summed E-state index contributed by atoms with van der Waals surface area (Å²) in [4.78, 5) is 0. The van der Waals surface area contributed by atoms with Gasteiger partial charge in [0.05, 0.1) is 5.69 Å². The number of aromatic nitrogens is 2. The minimum atomic E-state index is 0.592. The van der Waals surface area contributed by atoms with Gasteiger partial charge in [-0.05, 0) is 24.5 Å². The van der Waals surface area contributed by atoms with E-state index >= 15 is 0 Å². The molecule has 1 aromatic carbocycles. The molecule has 0 amide bonds. The lowest BCUT2D eigenvalue weighted by molar-refractivity contribution is 0.598. The van der Waals surface area contributed by atoms with Crippen LogP contribution in [0, 0.1) is 6.92 Å². The number of nitrogens with two attached hydrogens (primary N) is 1. The summed E-state index contributed by atoms with van der Waals surface area (Å²) in [6.07, 6.45) is 3.23. The zero-order chi connectivity index (χ0) is 12.3. The summed E-state index contributed by atoms with van der Waals surface area (Å²) in [7, 11) is 0. The molecular formula is C14H19N3. The topological polar surface area (TPSA) is 43.8 Å². The standard InChI is InChI=1S/C14H19N3/c1-3-8-17-10-14(11(2)16-17)13-6-4-12(9-15)5-7-13/h4-7,10H,3,8-9,15H2,1-2H3. The molecule has 0 aliphatic rings. The van der Waals surface area contributed by atoms with Crippen LogP contribution in [0.5, 0.6) is 0 Å². The van der Waals surface area contributed by atoms with Gasteiger partial charge >= 0.3 is 0 Å². The van der Waals surface area contributed by atoms with Gasteiger partial charge in [0.25, 0.3) is 0 Å². The average Bonchev–Trinajstić information content (AvgIpc) is 2.71. The van der Waals surface area contributed by atoms with Crippen LogP contribution in [0.4, 0.5) is 0 Å². The second-order valence-corrected chi connectivity index (χ2v) is 4.29. The summed E-state index contributed by atoms with van der Waals surface area (Å²) in [5.74, 6) is 0. The Morgan fingerprint density at radius 1 is 1.24 bits per heavy atom. The lowest BCUT2D eigenvalue weighted by Crippen LogP contribution is -1.96. The van der Waals surface area contributed by atoms with Crippen molar-refractivity contribution in [1.29, 1.82) is 0 Å². The van der Waals surface area contributed by atoms with Gasteiger partial charge in [0.15, 0.2) is 0 Å². The van der Waals surface area contributed by atoms with Crippen LogP contribution < -0.4 is 5.73 Å². The van der Waals surface area contributed by atoms with Crippen LogP contribution in [-0.4, -0.2) is 9.78 Å². The number of aryl methyl sites for hydroxylation is 2. The third-order valence-electron chi connectivity index (χ3n) is 2.90. The first-order valence-corrected chi connectivity index (χ1v) is 6.08. The highest BCUT2D eigenvalue weighted by Gasteiger charge is 2.06. The maximum Gasteiger partial charge on any atom is 0.0672 e. The lowest BCUT2D eigenvalue weighted by atomic mass is 10.1. The first-order valence-electron chi connectivity index (χ1n) is 6.08. The van der Waals surface area contributed by atoms with E-state index in [1.807, 2.05) is 4.68 Å². The predicted octanol–water partition coefficient (Wildman–Crippen LogP) is 2.73. The van der Waals surface area contributed by atoms with Crippen molar-refractivity contribution in [2.75, 3.05) is 0 Å². The molecule has 2 aromatic rings. The largest absolute Gasteiger partial charge is 0.326 e. The van der Waals surface area contributed by atoms with Crippen LogP contribution >= 0.6 is 0 Å². The van der Waals surface area contributed by atoms with Crippen LogP contribution in [0.1, 0.15) is 24.6 Å². The fraction of sp³-hybridized carbons (Fsp3) is 0.357. The molecule has 0 bridgehead atoms. The van der Waals surface area contributed by atoms with E-state index < -0.39 is 0 Å². The van der Waals surface area contributed by atoms with Crippen LogP contribution in [0.15, 0.2) is 30.5 Å². The van der Waals surface area contributed by atoms with E-state index in [1.54, 1.807) is 0 Å². The predicted molar refractivity (Wildman–Crippen MR) is 70.6 cm³/mol. The maximum absolute atomic E-state index is 5.60. The van der Waals surface area contributed by atoms with Gasteiger partial charge < -0.3 is 5.73 Å². The van der Waals surface area contributed by atoms with Gasteiger partial charge in [0, 0.05) is 24.8 Å². The van der Waals surface area contributed by atoms with Crippen LogP contribution in [0.25, 0.3) is 11.1 Å². The molecule has 0 aliphatic heterocycles. The molecule has 0 atom stereocenters. The lowest BCUT2D eigenvalue weighted by Gasteiger charge is -2.01. The fourth-order valence-electron chi connectivity index (χ4n) is 1.97. The van der Waals surface area contributed by atoms with Crippen molar-refractivity contribution in [3.63, 3.8) is 0 Å². The van der Waals surface area contributed by atoms with Crippen molar-refractivity contribution in [3.05, 3.63) is 41.7 Å². The second kappa shape index (κ2) is 5.15. The smallest absolute Gasteiger partial charge is 0.0672 e. The van der Waals surface area contributed by atoms with E-state index in [9.17, 15) is 0 Å². The van der Waals surface area contributed by atoms with Crippen LogP contribution in [-0.2, 0) is 13.1 Å². The Balaban J connectivity index is 2.31. The number of benzene rings is 1. The molecule has 0 unspecified atom stereocenters. The van der Waals surface area contributed by atoms with Gasteiger partial charge in [0.2, 0.25) is 0 Å². The number of hydrogen-bond donors (Lipinski definition) is 1. The molecule has 2 rings (SSSR count). The monoisotopic (exact) mass is 229 g/mol. The van der Waals surface area contributed by atoms with E-state index in [2.05, 4.69) is 49.4 Å². The number of nitrogens with zero attached hydrogens (tertiary/aromatic N) is 2. The molecule has 3 heteroatoms. The molecule has 3 nitrogen and oxygen atoms in total. The third-order valence-corrected chi connectivity index (χ3v) is 2.90. The molecule has 1 aromatic heterocycles. The summed E-state index contributed by atoms with van der Waals surface area (Å²) in [5, 5.41) is 4.51. The molecule has 0 spiro atoms. The molecule has 17 heavy (non-hydrogen) atoms. The molecule has 2 N–H and O–H groups in total. The van der Waals surface area contributed by atoms with Crippen LogP contribution in [0.2, 0.25) is 0 Å². The quantitative estimate of drug-likeness (QED) is 0.876. The molecule has 0 aliphatic carbocycles. The molecule has 0 saturated heterocycles. The van der Waals surface area contributed by atoms with E-state index in [0.717, 1.165) is 24.2 Å². The molecule has 90 valence electrons. The molecule has 1 heterocycles. The molecule has 0 saturated carbocycles. The number of hydrogen-bond acceptors (Lipinski definition) is 2. The Labute approximate surface area is 102 Å². The summed E-state index contributed by atoms with van der Waals surface area (Å²) in [5.41, 5.74) is 10.3. The van der Waals surface area contributed by atoms with Crippen molar-refractivity contribution < 1.29 is 0 Å². The summed E-state index contributed by atoms with van der Waals surface area (Å²) < 4.78 is 2.02. The zero-order valence-electron chi connectivity index (χ0n) is 10.5. The van der Waals surface area contributed by atoms with Gasteiger partial charge in [-0.3, -0.25) is 4.68 Å². The highest BCUT2D eigenvalue weighted by molar-refractivity contribution is 5.65. The van der Waals surface area contributed by atoms with E-state index in [0.29, 0.717) is 6.54 Å². The molecule has 0 radical (unpaired) electrons. The van der Waals surface area contributed by atoms with E-state index in [4.69, 9.17) is 5.73 Å². The van der Waals surface area contributed by atoms with Crippen molar-refractivity contribution in [2.45, 2.75) is 33.4 Å². The third kappa shape index (κ3) is 2.56. The van der Waals surface area contributed by atoms with Crippen molar-refractivity contribution in [3.8, 4) is 11.1 Å². The highest BCUT2D eigenvalue weighted by Crippen LogP contribution is 2.22. The Morgan fingerprint density at radius 2 is 1.94 bits per heavy atom. The Kier molecular flexibility index (Phi) is 3.59. The Bertz CT molecular complexity index is 483. The second-order valence-electron chi connectivity index (χ2n) is 4.29. The average molecular weight is 229 g/mol. The summed E-state index contributed by atoms with van der Waals surface area (Å²) in [6, 6.07) is 8.38. The fourth-order valence-corrected chi connectivity index (χ4v) is 1.97. The zero-order valence-corrected chi connectivity index (χ0v) is 10.5. The first kappa shape index (κ1) is 11.9. The molecular weight excluding hydrogens is 210 g/mol. The molecule has 0 fully saturated rings. The van der Waals surface area contributed by atoms with Crippen molar-refractivity contribution >= 4 is 0 Å². The SMILES string of the molecule is CCCn1cc(-c2ccc(CN)cc2)c(C)n1. The van der Waals surface area contributed by atoms with Gasteiger partial charge in [-0.25, -0.2) is 0 Å². The van der Waals surface area contributed by atoms with E-state index in [-0.39, 0.29) is 0 Å². The summed E-state index contributed by atoms with van der Waals surface area (Å²) in [6.45, 7) is 5.78. The minimum Gasteiger partial charge on any atom is -0.326 e. The van der Waals surface area contributed by atoms with E-state index in [1.165, 1.54) is 11.1 Å². The van der Waals surface area contributed by atoms with Crippen molar-refractivity contribution in [1.82, 2.24) is 9.78 Å². The van der Waals surface area contributed by atoms with Gasteiger partial charge in [0.1, 0.15) is 0 Å². The number of rotatable bonds is 4. The van der Waals surface area contributed by atoms with Crippen LogP contribution in [0.3, 0.4) is 0 Å². The van der Waals surface area contributed by atoms with Gasteiger partial charge in [-0.2, -0.15) is 5.10 Å². The Morgan fingerprint density at radius 3 is 2.53 bits per heavy atom. The van der Waals surface area contributed by atoms with Crippen molar-refractivity contribution in [2.24, 2.45) is 5.73 Å². The minimum absolute atomic E-state index is 0.592. The summed E-state index contributed by atoms with van der Waals surface area (Å²) >= 11 is 0.